The summed E-state index contributed by atoms with van der Waals surface area (Å²) in [5, 5.41) is 0. The van der Waals surface area contributed by atoms with Gasteiger partial charge in [-0.15, -0.1) is 0 Å². The van der Waals surface area contributed by atoms with Crippen LogP contribution < -0.4 is 10.5 Å². The van der Waals surface area contributed by atoms with Crippen LogP contribution in [-0.2, 0) is 13.2 Å². The third kappa shape index (κ3) is 3.22. The predicted molar refractivity (Wildman–Crippen MR) is 93.7 cm³/mol. The topological polar surface area (TPSA) is 53.1 Å². The van der Waals surface area contributed by atoms with Crippen LogP contribution in [0.1, 0.15) is 23.4 Å². The molecule has 2 aromatic carbocycles. The zero-order valence-corrected chi connectivity index (χ0v) is 13.7. The first kappa shape index (κ1) is 15.6. The molecule has 0 saturated carbocycles. The number of nitrogens with zero attached hydrogens (tertiary/aromatic N) is 2. The van der Waals surface area contributed by atoms with E-state index in [9.17, 15) is 0 Å². The third-order valence-corrected chi connectivity index (χ3v) is 4.07. The van der Waals surface area contributed by atoms with Crippen LogP contribution in [0, 0.1) is 13.8 Å². The van der Waals surface area contributed by atoms with Gasteiger partial charge in [0.1, 0.15) is 18.2 Å². The fourth-order valence-corrected chi connectivity index (χ4v) is 2.90. The molecule has 3 aromatic rings. The van der Waals surface area contributed by atoms with Crippen LogP contribution in [0.2, 0.25) is 0 Å². The van der Waals surface area contributed by atoms with E-state index in [1.165, 1.54) is 0 Å². The molecule has 4 nitrogen and oxygen atoms in total. The van der Waals surface area contributed by atoms with Crippen LogP contribution >= 0.6 is 0 Å². The largest absolute Gasteiger partial charge is 0.485 e. The molecule has 0 bridgehead atoms. The van der Waals surface area contributed by atoms with Gasteiger partial charge >= 0.3 is 0 Å². The number of rotatable bonds is 6. The highest BCUT2D eigenvalue weighted by molar-refractivity contribution is 5.75. The van der Waals surface area contributed by atoms with Crippen LogP contribution in [0.3, 0.4) is 0 Å². The van der Waals surface area contributed by atoms with Gasteiger partial charge in [-0.05, 0) is 50.1 Å². The average Bonchev–Trinajstić information content (AvgIpc) is 2.90. The monoisotopic (exact) mass is 309 g/mol. The van der Waals surface area contributed by atoms with E-state index >= 15 is 0 Å². The average molecular weight is 309 g/mol. The van der Waals surface area contributed by atoms with Gasteiger partial charge in [-0.1, -0.05) is 30.3 Å². The normalized spacial score (nSPS) is 11.1. The molecule has 0 aliphatic heterocycles. The summed E-state index contributed by atoms with van der Waals surface area (Å²) in [6, 6.07) is 14.4. The first-order valence-electron chi connectivity index (χ1n) is 8.04. The van der Waals surface area contributed by atoms with Crippen molar-refractivity contribution in [2.75, 3.05) is 6.54 Å². The number of para-hydroxylation sites is 3. The van der Waals surface area contributed by atoms with E-state index in [0.29, 0.717) is 13.2 Å². The summed E-state index contributed by atoms with van der Waals surface area (Å²) in [6.07, 6.45) is 0.927. The minimum Gasteiger partial charge on any atom is -0.485 e. The van der Waals surface area contributed by atoms with Gasteiger partial charge < -0.3 is 15.0 Å². The van der Waals surface area contributed by atoms with E-state index in [1.807, 2.05) is 24.3 Å². The quantitative estimate of drug-likeness (QED) is 0.757. The standard InChI is InChI=1S/C19H23N3O/c1-14-7-5-8-15(2)19(14)23-13-18-21-16-9-3-4-10-17(16)22(18)12-6-11-20/h3-5,7-10H,6,11-13,20H2,1-2H3. The molecule has 0 unspecified atom stereocenters. The Hall–Kier alpha value is -2.33. The van der Waals surface area contributed by atoms with Crippen molar-refractivity contribution >= 4 is 11.0 Å². The maximum absolute atomic E-state index is 6.09. The molecule has 4 heteroatoms. The van der Waals surface area contributed by atoms with E-state index in [4.69, 9.17) is 15.5 Å². The minimum atomic E-state index is 0.463. The van der Waals surface area contributed by atoms with E-state index in [0.717, 1.165) is 46.7 Å². The van der Waals surface area contributed by atoms with Gasteiger partial charge in [0.2, 0.25) is 0 Å². The molecule has 0 fully saturated rings. The van der Waals surface area contributed by atoms with E-state index in [2.05, 4.69) is 36.6 Å². The molecule has 0 amide bonds. The van der Waals surface area contributed by atoms with Gasteiger partial charge in [0.05, 0.1) is 11.0 Å². The van der Waals surface area contributed by atoms with Gasteiger partial charge in [0.15, 0.2) is 0 Å². The van der Waals surface area contributed by atoms with Gasteiger partial charge in [0, 0.05) is 6.54 Å². The van der Waals surface area contributed by atoms with Gasteiger partial charge in [-0.2, -0.15) is 0 Å². The number of nitrogens with two attached hydrogens (primary N) is 1. The lowest BCUT2D eigenvalue weighted by Crippen LogP contribution is -2.11. The summed E-state index contributed by atoms with van der Waals surface area (Å²) in [6.45, 7) is 6.14. The molecule has 1 aromatic heterocycles. The molecule has 0 aliphatic carbocycles. The van der Waals surface area contributed by atoms with Gasteiger partial charge in [-0.3, -0.25) is 0 Å². The molecule has 0 radical (unpaired) electrons. The summed E-state index contributed by atoms with van der Waals surface area (Å²) in [7, 11) is 0. The Morgan fingerprint density at radius 3 is 2.52 bits per heavy atom. The van der Waals surface area contributed by atoms with Crippen molar-refractivity contribution < 1.29 is 4.74 Å². The number of ether oxygens (including phenoxy) is 1. The summed E-state index contributed by atoms with van der Waals surface area (Å²) < 4.78 is 8.31. The molecule has 0 aliphatic rings. The Kier molecular flexibility index (Phi) is 4.63. The molecule has 0 atom stereocenters. The predicted octanol–water partition coefficient (Wildman–Crippen LogP) is 3.58. The summed E-state index contributed by atoms with van der Waals surface area (Å²) in [5.74, 6) is 1.90. The second-order valence-electron chi connectivity index (χ2n) is 5.82. The van der Waals surface area contributed by atoms with Crippen molar-refractivity contribution in [3.05, 3.63) is 59.4 Å². The maximum atomic E-state index is 6.09. The maximum Gasteiger partial charge on any atom is 0.147 e. The molecule has 0 saturated heterocycles. The molecule has 120 valence electrons. The first-order valence-corrected chi connectivity index (χ1v) is 8.04. The zero-order valence-electron chi connectivity index (χ0n) is 13.7. The first-order chi connectivity index (χ1) is 11.2. The number of fused-ring (bicyclic) bond motifs is 1. The molecular formula is C19H23N3O. The fourth-order valence-electron chi connectivity index (χ4n) is 2.90. The summed E-state index contributed by atoms with van der Waals surface area (Å²) in [4.78, 5) is 4.74. The molecular weight excluding hydrogens is 286 g/mol. The number of hydrogen-bond donors (Lipinski definition) is 1. The highest BCUT2D eigenvalue weighted by Gasteiger charge is 2.12. The molecule has 0 spiro atoms. The van der Waals surface area contributed by atoms with Crippen molar-refractivity contribution in [3.63, 3.8) is 0 Å². The summed E-state index contributed by atoms with van der Waals surface area (Å²) >= 11 is 0. The van der Waals surface area contributed by atoms with Crippen molar-refractivity contribution in [2.24, 2.45) is 5.73 Å². The molecule has 2 N–H and O–H groups in total. The Labute approximate surface area is 136 Å². The fraction of sp³-hybridized carbons (Fsp3) is 0.316. The lowest BCUT2D eigenvalue weighted by molar-refractivity contribution is 0.286. The Morgan fingerprint density at radius 1 is 1.04 bits per heavy atom. The highest BCUT2D eigenvalue weighted by Crippen LogP contribution is 2.24. The number of imidazole rings is 1. The van der Waals surface area contributed by atoms with Crippen molar-refractivity contribution in [1.82, 2.24) is 9.55 Å². The van der Waals surface area contributed by atoms with Crippen LogP contribution in [0.4, 0.5) is 0 Å². The molecule has 3 rings (SSSR count). The van der Waals surface area contributed by atoms with Crippen LogP contribution in [-0.4, -0.2) is 16.1 Å². The molecule has 23 heavy (non-hydrogen) atoms. The molecule has 1 heterocycles. The second-order valence-corrected chi connectivity index (χ2v) is 5.82. The minimum absolute atomic E-state index is 0.463. The van der Waals surface area contributed by atoms with E-state index in [-0.39, 0.29) is 0 Å². The van der Waals surface area contributed by atoms with Crippen molar-refractivity contribution in [1.29, 1.82) is 0 Å². The van der Waals surface area contributed by atoms with Gasteiger partial charge in [0.25, 0.3) is 0 Å². The van der Waals surface area contributed by atoms with Crippen LogP contribution in [0.5, 0.6) is 5.75 Å². The lowest BCUT2D eigenvalue weighted by Gasteiger charge is -2.13. The van der Waals surface area contributed by atoms with Crippen molar-refractivity contribution in [3.8, 4) is 5.75 Å². The number of hydrogen-bond acceptors (Lipinski definition) is 3. The SMILES string of the molecule is Cc1cccc(C)c1OCc1nc2ccccc2n1CCCN. The number of aryl methyl sites for hydroxylation is 3. The second kappa shape index (κ2) is 6.84. The van der Waals surface area contributed by atoms with Crippen molar-refractivity contribution in [2.45, 2.75) is 33.4 Å². The van der Waals surface area contributed by atoms with E-state index < -0.39 is 0 Å². The highest BCUT2D eigenvalue weighted by atomic mass is 16.5. The van der Waals surface area contributed by atoms with Crippen LogP contribution in [0.25, 0.3) is 11.0 Å². The Morgan fingerprint density at radius 2 is 1.78 bits per heavy atom. The van der Waals surface area contributed by atoms with Gasteiger partial charge in [-0.25, -0.2) is 4.98 Å². The Balaban J connectivity index is 1.90. The lowest BCUT2D eigenvalue weighted by atomic mass is 10.1. The number of benzene rings is 2. The number of aromatic nitrogens is 2. The zero-order chi connectivity index (χ0) is 16.2. The summed E-state index contributed by atoms with van der Waals surface area (Å²) in [5.41, 5.74) is 10.1. The van der Waals surface area contributed by atoms with E-state index in [1.54, 1.807) is 0 Å². The van der Waals surface area contributed by atoms with Crippen LogP contribution in [0.15, 0.2) is 42.5 Å². The third-order valence-electron chi connectivity index (χ3n) is 4.07. The Bertz CT molecular complexity index is 787. The smallest absolute Gasteiger partial charge is 0.147 e.